The minimum atomic E-state index is 0.640. The molecule has 0 fully saturated rings. The molecule has 0 saturated heterocycles. The van der Waals surface area contributed by atoms with Crippen LogP contribution >= 0.6 is 70.6 Å². The molecule has 0 aromatic rings. The summed E-state index contributed by atoms with van der Waals surface area (Å²) in [7, 11) is 0. The molecule has 4 rings (SSSR count). The van der Waals surface area contributed by atoms with Crippen LogP contribution in [0.15, 0.2) is 33.5 Å². The van der Waals surface area contributed by atoms with Crippen LogP contribution in [0.5, 0.6) is 0 Å². The van der Waals surface area contributed by atoms with Crippen LogP contribution in [-0.4, -0.2) is 41.4 Å². The first-order valence-corrected chi connectivity index (χ1v) is 15.1. The number of hydrogen-bond donors (Lipinski definition) is 0. The molecule has 21 heavy (non-hydrogen) atoms. The third kappa shape index (κ3) is 3.56. The Morgan fingerprint density at radius 1 is 0.810 bits per heavy atom. The molecule has 0 amide bonds. The molecule has 112 valence electrons. The van der Waals surface area contributed by atoms with Gasteiger partial charge in [0.25, 0.3) is 0 Å². The fourth-order valence-corrected chi connectivity index (χ4v) is 21.2. The van der Waals surface area contributed by atoms with Crippen LogP contribution in [0.3, 0.4) is 0 Å². The van der Waals surface area contributed by atoms with Crippen LogP contribution < -0.4 is 0 Å². The summed E-state index contributed by atoms with van der Waals surface area (Å²) < 4.78 is 11.6. The molecule has 0 bridgehead atoms. The number of thioether (sulfide) groups is 6. The predicted octanol–water partition coefficient (Wildman–Crippen LogP) is 5.87. The summed E-state index contributed by atoms with van der Waals surface area (Å²) in [4.78, 5) is 0. The fourth-order valence-electron chi connectivity index (χ4n) is 1.80. The molecule has 0 aliphatic carbocycles. The molecule has 4 aliphatic rings. The van der Waals surface area contributed by atoms with Crippen LogP contribution in [0, 0.1) is 0 Å². The molecule has 0 atom stereocenters. The summed E-state index contributed by atoms with van der Waals surface area (Å²) >= 11 is 13.7. The van der Waals surface area contributed by atoms with Gasteiger partial charge in [-0.2, -0.15) is 0 Å². The van der Waals surface area contributed by atoms with Gasteiger partial charge in [-0.05, 0) is 0 Å². The zero-order valence-corrected chi connectivity index (χ0v) is 19.7. The maximum atomic E-state index is 2.23. The van der Waals surface area contributed by atoms with Crippen molar-refractivity contribution in [2.24, 2.45) is 0 Å². The van der Waals surface area contributed by atoms with Crippen LogP contribution in [0.4, 0.5) is 0 Å². The summed E-state index contributed by atoms with van der Waals surface area (Å²) in [5.41, 5.74) is 1.46. The van der Waals surface area contributed by atoms with Crippen LogP contribution in [0.2, 0.25) is 0 Å². The third-order valence-electron chi connectivity index (χ3n) is 2.78. The Hall–Kier alpha value is 2.10. The Balaban J connectivity index is 1.48. The normalized spacial score (nSPS) is 25.7. The summed E-state index contributed by atoms with van der Waals surface area (Å²) in [6.07, 6.45) is 1.39. The quantitative estimate of drug-likeness (QED) is 0.366. The standard InChI is InChI=1S/C13H12S6Se2/c1-6(2)7-16-8-9(17-7)19-10(18-8)13-20-11-12(21-13)15-5-3-4-14-11/h3-5H2,1-2H3. The fraction of sp³-hybridized carbons (Fsp3) is 0.385. The Morgan fingerprint density at radius 2 is 1.38 bits per heavy atom. The SMILES string of the molecule is CC(C)=C1SC2=C(S1)SC(=C1[Se]C3=C(SCCCS3)[Se]1)S2. The third-order valence-corrected chi connectivity index (χ3v) is 20.7. The Bertz CT molecular complexity index is 585. The van der Waals surface area contributed by atoms with Crippen molar-refractivity contribution in [3.63, 3.8) is 0 Å². The van der Waals surface area contributed by atoms with Crippen molar-refractivity contribution < 1.29 is 0 Å². The van der Waals surface area contributed by atoms with E-state index in [9.17, 15) is 0 Å². The van der Waals surface area contributed by atoms with Gasteiger partial charge < -0.3 is 0 Å². The van der Waals surface area contributed by atoms with Crippen molar-refractivity contribution in [2.45, 2.75) is 20.3 Å². The van der Waals surface area contributed by atoms with Crippen molar-refractivity contribution in [1.82, 2.24) is 0 Å². The van der Waals surface area contributed by atoms with E-state index in [0.29, 0.717) is 29.9 Å². The molecule has 0 radical (unpaired) electrons. The van der Waals surface area contributed by atoms with Gasteiger partial charge in [-0.15, -0.1) is 0 Å². The molecule has 4 aliphatic heterocycles. The van der Waals surface area contributed by atoms with Gasteiger partial charge in [0.05, 0.1) is 0 Å². The van der Waals surface area contributed by atoms with E-state index in [4.69, 9.17) is 0 Å². The molecule has 0 aromatic heterocycles. The topological polar surface area (TPSA) is 0 Å². The van der Waals surface area contributed by atoms with Gasteiger partial charge in [0, 0.05) is 0 Å². The first-order chi connectivity index (χ1) is 10.2. The van der Waals surface area contributed by atoms with Crippen LogP contribution in [-0.2, 0) is 0 Å². The van der Waals surface area contributed by atoms with Gasteiger partial charge in [0.1, 0.15) is 0 Å². The van der Waals surface area contributed by atoms with E-state index < -0.39 is 0 Å². The van der Waals surface area contributed by atoms with E-state index in [-0.39, 0.29) is 0 Å². The summed E-state index contributed by atoms with van der Waals surface area (Å²) in [5, 5.41) is 0. The Kier molecular flexibility index (Phi) is 5.64. The molecule has 0 saturated carbocycles. The second-order valence-corrected chi connectivity index (χ2v) is 18.8. The summed E-state index contributed by atoms with van der Waals surface area (Å²) in [5.74, 6) is 2.69. The average Bonchev–Trinajstić information content (AvgIpc) is 3.08. The van der Waals surface area contributed by atoms with Crippen LogP contribution in [0.1, 0.15) is 20.3 Å². The van der Waals surface area contributed by atoms with E-state index in [0.717, 1.165) is 0 Å². The molecule has 0 nitrogen and oxygen atoms in total. The van der Waals surface area contributed by atoms with Gasteiger partial charge in [0.15, 0.2) is 0 Å². The second kappa shape index (κ2) is 7.15. The van der Waals surface area contributed by atoms with E-state index in [1.54, 1.807) is 20.3 Å². The first kappa shape index (κ1) is 16.6. The molecule has 0 aromatic carbocycles. The zero-order chi connectivity index (χ0) is 14.4. The van der Waals surface area contributed by atoms with Crippen molar-refractivity contribution in [3.8, 4) is 0 Å². The minimum absolute atomic E-state index is 0.640. The van der Waals surface area contributed by atoms with Gasteiger partial charge in [-0.1, -0.05) is 0 Å². The summed E-state index contributed by atoms with van der Waals surface area (Å²) in [6, 6.07) is 0. The molecule has 8 heteroatoms. The molecule has 0 spiro atoms. The van der Waals surface area contributed by atoms with Crippen molar-refractivity contribution in [2.75, 3.05) is 11.5 Å². The first-order valence-electron chi connectivity index (χ1n) is 6.44. The van der Waals surface area contributed by atoms with Crippen molar-refractivity contribution in [3.05, 3.63) is 33.5 Å². The van der Waals surface area contributed by atoms with Gasteiger partial charge in [-0.25, -0.2) is 0 Å². The molecule has 4 heterocycles. The van der Waals surface area contributed by atoms with Gasteiger partial charge >= 0.3 is 166 Å². The summed E-state index contributed by atoms with van der Waals surface area (Å²) in [6.45, 7) is 4.45. The molecular formula is C13H12S6Se2. The number of allylic oxidation sites excluding steroid dienone is 1. The average molecular weight is 519 g/mol. The van der Waals surface area contributed by atoms with E-state index in [1.165, 1.54) is 27.7 Å². The van der Waals surface area contributed by atoms with Crippen molar-refractivity contribution in [1.29, 1.82) is 0 Å². The second-order valence-electron chi connectivity index (χ2n) is 4.68. The molecule has 0 unspecified atom stereocenters. The van der Waals surface area contributed by atoms with Crippen molar-refractivity contribution >= 4 is 100 Å². The van der Waals surface area contributed by atoms with Gasteiger partial charge in [-0.3, -0.25) is 0 Å². The maximum absolute atomic E-state index is 2.23. The molecule has 0 N–H and O–H groups in total. The van der Waals surface area contributed by atoms with E-state index >= 15 is 0 Å². The molecular weight excluding hydrogens is 506 g/mol. The monoisotopic (exact) mass is 520 g/mol. The Morgan fingerprint density at radius 3 is 1.90 bits per heavy atom. The number of hydrogen-bond acceptors (Lipinski definition) is 6. The van der Waals surface area contributed by atoms with E-state index in [2.05, 4.69) is 60.9 Å². The zero-order valence-electron chi connectivity index (χ0n) is 11.4. The predicted molar refractivity (Wildman–Crippen MR) is 111 cm³/mol. The van der Waals surface area contributed by atoms with Crippen LogP contribution in [0.25, 0.3) is 0 Å². The number of rotatable bonds is 0. The van der Waals surface area contributed by atoms with Gasteiger partial charge in [0.2, 0.25) is 0 Å². The van der Waals surface area contributed by atoms with E-state index in [1.807, 2.05) is 26.9 Å². The Labute approximate surface area is 164 Å².